The molecule has 4 aromatic rings. The number of rotatable bonds is 8. The highest BCUT2D eigenvalue weighted by Crippen LogP contribution is 2.30. The average Bonchev–Trinajstić information content (AvgIpc) is 3.22. The van der Waals surface area contributed by atoms with Crippen molar-refractivity contribution in [2.24, 2.45) is 0 Å². The predicted octanol–water partition coefficient (Wildman–Crippen LogP) is 4.99. The Morgan fingerprint density at radius 3 is 2.27 bits per heavy atom. The van der Waals surface area contributed by atoms with E-state index in [1.54, 1.807) is 6.07 Å². The number of aromatic amines is 1. The highest BCUT2D eigenvalue weighted by Gasteiger charge is 2.14. The van der Waals surface area contributed by atoms with E-state index in [4.69, 9.17) is 14.8 Å². The van der Waals surface area contributed by atoms with E-state index in [-0.39, 0.29) is 6.61 Å². The molecule has 4 rings (SSSR count). The van der Waals surface area contributed by atoms with Crippen molar-refractivity contribution in [2.75, 3.05) is 6.61 Å². The van der Waals surface area contributed by atoms with Crippen LogP contribution >= 0.6 is 0 Å². The normalized spacial score (nSPS) is 10.7. The number of nitrogens with zero attached hydrogens (tertiary/aromatic N) is 1. The van der Waals surface area contributed by atoms with Crippen LogP contribution in [0.1, 0.15) is 11.4 Å². The molecule has 0 amide bonds. The van der Waals surface area contributed by atoms with Crippen LogP contribution in [-0.2, 0) is 17.6 Å². The lowest BCUT2D eigenvalue weighted by molar-refractivity contribution is -0.139. The van der Waals surface area contributed by atoms with Gasteiger partial charge < -0.3 is 14.8 Å². The Hall–Kier alpha value is -3.86. The van der Waals surface area contributed by atoms with Crippen molar-refractivity contribution >= 4 is 5.97 Å². The van der Waals surface area contributed by atoms with Crippen molar-refractivity contribution in [3.8, 4) is 28.3 Å². The van der Waals surface area contributed by atoms with Crippen LogP contribution in [0, 0.1) is 0 Å². The van der Waals surface area contributed by atoms with Crippen molar-refractivity contribution in [2.45, 2.75) is 12.8 Å². The number of aryl methyl sites for hydroxylation is 2. The van der Waals surface area contributed by atoms with Gasteiger partial charge in [0.05, 0.1) is 11.4 Å². The Bertz CT molecular complexity index is 1060. The van der Waals surface area contributed by atoms with Crippen LogP contribution in [0.5, 0.6) is 5.75 Å². The molecule has 2 N–H and O–H groups in total. The molecular formula is C25H22N2O3. The lowest BCUT2D eigenvalue weighted by Crippen LogP contribution is -2.09. The first-order valence-electron chi connectivity index (χ1n) is 9.82. The fourth-order valence-electron chi connectivity index (χ4n) is 3.36. The summed E-state index contributed by atoms with van der Waals surface area (Å²) in [5.74, 6) is 0.478. The van der Waals surface area contributed by atoms with Gasteiger partial charge >= 0.3 is 5.97 Å². The average molecular weight is 398 g/mol. The summed E-state index contributed by atoms with van der Waals surface area (Å²) in [7, 11) is 0. The summed E-state index contributed by atoms with van der Waals surface area (Å²) in [6, 6.07) is 27.9. The van der Waals surface area contributed by atoms with Gasteiger partial charge in [-0.05, 0) is 24.1 Å². The smallest absolute Gasteiger partial charge is 0.341 e. The zero-order chi connectivity index (χ0) is 20.8. The number of nitrogens with one attached hydrogen (secondary N) is 1. The molecule has 3 aromatic carbocycles. The first-order valence-corrected chi connectivity index (χ1v) is 9.82. The first kappa shape index (κ1) is 19.5. The van der Waals surface area contributed by atoms with Gasteiger partial charge in [0.15, 0.2) is 6.61 Å². The van der Waals surface area contributed by atoms with Gasteiger partial charge in [-0.1, -0.05) is 72.8 Å². The maximum atomic E-state index is 10.7. The van der Waals surface area contributed by atoms with Crippen LogP contribution < -0.4 is 4.74 Å². The van der Waals surface area contributed by atoms with Crippen molar-refractivity contribution in [1.29, 1.82) is 0 Å². The Morgan fingerprint density at radius 2 is 1.57 bits per heavy atom. The lowest BCUT2D eigenvalue weighted by Gasteiger charge is -2.05. The Labute approximate surface area is 175 Å². The van der Waals surface area contributed by atoms with Crippen molar-refractivity contribution < 1.29 is 14.6 Å². The second-order valence-corrected chi connectivity index (χ2v) is 6.97. The number of aromatic nitrogens is 2. The number of ether oxygens (including phenoxy) is 1. The molecular weight excluding hydrogens is 376 g/mol. The van der Waals surface area contributed by atoms with Crippen LogP contribution in [0.2, 0.25) is 0 Å². The number of H-pyrrole nitrogens is 1. The molecule has 0 bridgehead atoms. The highest BCUT2D eigenvalue weighted by atomic mass is 16.5. The Balaban J connectivity index is 1.56. The maximum absolute atomic E-state index is 10.7. The van der Waals surface area contributed by atoms with Crippen LogP contribution in [0.4, 0.5) is 0 Å². The number of aliphatic carboxylic acids is 1. The summed E-state index contributed by atoms with van der Waals surface area (Å²) in [6.45, 7) is -0.345. The second kappa shape index (κ2) is 9.09. The molecule has 0 aliphatic carbocycles. The Morgan fingerprint density at radius 1 is 0.867 bits per heavy atom. The number of hydrogen-bond donors (Lipinski definition) is 2. The Kier molecular flexibility index (Phi) is 5.90. The molecule has 0 aliphatic heterocycles. The van der Waals surface area contributed by atoms with Crippen LogP contribution in [0.15, 0.2) is 84.9 Å². The van der Waals surface area contributed by atoms with Crippen LogP contribution in [-0.4, -0.2) is 27.7 Å². The van der Waals surface area contributed by atoms with Gasteiger partial charge in [-0.2, -0.15) is 0 Å². The topological polar surface area (TPSA) is 75.2 Å². The van der Waals surface area contributed by atoms with E-state index >= 15 is 0 Å². The summed E-state index contributed by atoms with van der Waals surface area (Å²) >= 11 is 0. The minimum atomic E-state index is -0.988. The minimum Gasteiger partial charge on any atom is -0.482 e. The fraction of sp³-hybridized carbons (Fsp3) is 0.120. The number of carboxylic acids is 1. The van der Waals surface area contributed by atoms with Gasteiger partial charge in [-0.15, -0.1) is 0 Å². The number of carbonyl (C=O) groups is 1. The van der Waals surface area contributed by atoms with E-state index in [9.17, 15) is 4.79 Å². The molecule has 0 spiro atoms. The number of imidazole rings is 1. The van der Waals surface area contributed by atoms with Gasteiger partial charge in [0.25, 0.3) is 0 Å². The van der Waals surface area contributed by atoms with E-state index < -0.39 is 5.97 Å². The molecule has 0 unspecified atom stereocenters. The fourth-order valence-corrected chi connectivity index (χ4v) is 3.36. The largest absolute Gasteiger partial charge is 0.482 e. The monoisotopic (exact) mass is 398 g/mol. The zero-order valence-corrected chi connectivity index (χ0v) is 16.4. The molecule has 30 heavy (non-hydrogen) atoms. The lowest BCUT2D eigenvalue weighted by atomic mass is 10.1. The zero-order valence-electron chi connectivity index (χ0n) is 16.4. The van der Waals surface area contributed by atoms with E-state index in [0.29, 0.717) is 5.75 Å². The third kappa shape index (κ3) is 4.75. The molecule has 0 fully saturated rings. The third-order valence-corrected chi connectivity index (χ3v) is 4.77. The van der Waals surface area contributed by atoms with E-state index in [2.05, 4.69) is 29.2 Å². The second-order valence-electron chi connectivity index (χ2n) is 6.97. The molecule has 0 atom stereocenters. The molecule has 0 saturated carbocycles. The van der Waals surface area contributed by atoms with Crippen molar-refractivity contribution in [3.05, 3.63) is 96.3 Å². The quantitative estimate of drug-likeness (QED) is 0.438. The molecule has 150 valence electrons. The molecule has 5 nitrogen and oxygen atoms in total. The van der Waals surface area contributed by atoms with Crippen molar-refractivity contribution in [3.63, 3.8) is 0 Å². The molecule has 1 aromatic heterocycles. The van der Waals surface area contributed by atoms with Crippen LogP contribution in [0.25, 0.3) is 22.5 Å². The summed E-state index contributed by atoms with van der Waals surface area (Å²) in [4.78, 5) is 19.1. The SMILES string of the molecule is O=C(O)COc1cccc(CCc2nc(-c3ccccc3)c(-c3ccccc3)[nH]2)c1. The molecule has 0 radical (unpaired) electrons. The number of benzene rings is 3. The summed E-state index contributed by atoms with van der Waals surface area (Å²) < 4.78 is 5.28. The predicted molar refractivity (Wildman–Crippen MR) is 116 cm³/mol. The van der Waals surface area contributed by atoms with Crippen LogP contribution in [0.3, 0.4) is 0 Å². The van der Waals surface area contributed by atoms with E-state index in [1.165, 1.54) is 0 Å². The highest BCUT2D eigenvalue weighted by molar-refractivity contribution is 5.78. The van der Waals surface area contributed by atoms with E-state index in [1.807, 2.05) is 54.6 Å². The molecule has 1 heterocycles. The van der Waals surface area contributed by atoms with Gasteiger partial charge in [-0.25, -0.2) is 9.78 Å². The summed E-state index contributed by atoms with van der Waals surface area (Å²) in [5, 5.41) is 8.77. The van der Waals surface area contributed by atoms with Crippen molar-refractivity contribution in [1.82, 2.24) is 9.97 Å². The molecule has 5 heteroatoms. The third-order valence-electron chi connectivity index (χ3n) is 4.77. The summed E-state index contributed by atoms with van der Waals surface area (Å²) in [5.41, 5.74) is 5.18. The van der Waals surface area contributed by atoms with Gasteiger partial charge in [-0.3, -0.25) is 0 Å². The standard InChI is InChI=1S/C25H22N2O3/c28-23(29)17-30-21-13-7-8-18(16-21)14-15-22-26-24(19-9-3-1-4-10-19)25(27-22)20-11-5-2-6-12-20/h1-13,16H,14-15,17H2,(H,26,27)(H,28,29). The first-order chi connectivity index (χ1) is 14.7. The van der Waals surface area contributed by atoms with Gasteiger partial charge in [0.1, 0.15) is 11.6 Å². The summed E-state index contributed by atoms with van der Waals surface area (Å²) in [6.07, 6.45) is 1.50. The van der Waals surface area contributed by atoms with E-state index in [0.717, 1.165) is 46.7 Å². The van der Waals surface area contributed by atoms with Gasteiger partial charge in [0.2, 0.25) is 0 Å². The number of carboxylic acid groups (broad SMARTS) is 1. The molecule has 0 saturated heterocycles. The maximum Gasteiger partial charge on any atom is 0.341 e. The minimum absolute atomic E-state index is 0.345. The molecule has 0 aliphatic rings. The number of hydrogen-bond acceptors (Lipinski definition) is 3. The van der Waals surface area contributed by atoms with Gasteiger partial charge in [0, 0.05) is 17.5 Å².